The van der Waals surface area contributed by atoms with Crippen LogP contribution in [0.4, 0.5) is 4.39 Å². The summed E-state index contributed by atoms with van der Waals surface area (Å²) in [5.74, 6) is 1.32. The number of H-pyrrole nitrogens is 1. The number of halogens is 1. The summed E-state index contributed by atoms with van der Waals surface area (Å²) >= 11 is 1.73. The highest BCUT2D eigenvalue weighted by Crippen LogP contribution is 2.49. The van der Waals surface area contributed by atoms with Gasteiger partial charge in [-0.05, 0) is 89.4 Å². The number of thioether (sulfide) groups is 1. The summed E-state index contributed by atoms with van der Waals surface area (Å²) in [4.78, 5) is 7.54. The molecule has 202 valence electrons. The van der Waals surface area contributed by atoms with Crippen molar-refractivity contribution in [3.63, 3.8) is 0 Å². The van der Waals surface area contributed by atoms with Crippen molar-refractivity contribution in [1.82, 2.24) is 9.88 Å². The molecule has 0 spiro atoms. The van der Waals surface area contributed by atoms with E-state index in [9.17, 15) is 4.39 Å². The molecule has 4 aromatic carbocycles. The van der Waals surface area contributed by atoms with E-state index >= 15 is 0 Å². The Morgan fingerprint density at radius 3 is 2.55 bits per heavy atom. The van der Waals surface area contributed by atoms with E-state index in [0.717, 1.165) is 47.5 Å². The van der Waals surface area contributed by atoms with E-state index in [1.54, 1.807) is 31.0 Å². The van der Waals surface area contributed by atoms with Gasteiger partial charge in [-0.15, -0.1) is 11.8 Å². The SMILES string of the molecule is COc1cc2c(cc1OCc1ccc(SC)cc1)C1Cc3c([nH]c4ccccc34)C(c3ccc(F)cc3)N1CC2. The van der Waals surface area contributed by atoms with Crippen LogP contribution in [0.25, 0.3) is 10.9 Å². The third kappa shape index (κ3) is 4.36. The van der Waals surface area contributed by atoms with Crippen molar-refractivity contribution in [2.75, 3.05) is 19.9 Å². The maximum atomic E-state index is 13.9. The van der Waals surface area contributed by atoms with Crippen molar-refractivity contribution in [3.05, 3.63) is 124 Å². The predicted octanol–water partition coefficient (Wildman–Crippen LogP) is 7.86. The zero-order valence-corrected chi connectivity index (χ0v) is 23.4. The smallest absolute Gasteiger partial charge is 0.162 e. The van der Waals surface area contributed by atoms with Gasteiger partial charge in [0.15, 0.2) is 11.5 Å². The highest BCUT2D eigenvalue weighted by atomic mass is 32.2. The number of fused-ring (bicyclic) bond motifs is 6. The van der Waals surface area contributed by atoms with E-state index < -0.39 is 0 Å². The van der Waals surface area contributed by atoms with E-state index in [4.69, 9.17) is 9.47 Å². The molecule has 2 aliphatic heterocycles. The van der Waals surface area contributed by atoms with Crippen molar-refractivity contribution in [1.29, 1.82) is 0 Å². The molecule has 7 rings (SSSR count). The highest BCUT2D eigenvalue weighted by Gasteiger charge is 2.41. The van der Waals surface area contributed by atoms with Crippen molar-refractivity contribution in [2.45, 2.75) is 36.4 Å². The van der Waals surface area contributed by atoms with Crippen LogP contribution in [0.3, 0.4) is 0 Å². The second-order valence-electron chi connectivity index (χ2n) is 10.6. The van der Waals surface area contributed by atoms with Crippen molar-refractivity contribution in [3.8, 4) is 11.5 Å². The lowest BCUT2D eigenvalue weighted by Crippen LogP contribution is -2.43. The van der Waals surface area contributed by atoms with Crippen molar-refractivity contribution >= 4 is 22.7 Å². The first-order valence-corrected chi connectivity index (χ1v) is 14.9. The van der Waals surface area contributed by atoms with E-state index in [2.05, 4.69) is 76.8 Å². The van der Waals surface area contributed by atoms with Gasteiger partial charge in [-0.25, -0.2) is 4.39 Å². The van der Waals surface area contributed by atoms with Gasteiger partial charge in [-0.3, -0.25) is 4.90 Å². The Morgan fingerprint density at radius 1 is 0.975 bits per heavy atom. The number of benzene rings is 4. The average Bonchev–Trinajstić information content (AvgIpc) is 3.37. The summed E-state index contributed by atoms with van der Waals surface area (Å²) in [7, 11) is 1.71. The van der Waals surface area contributed by atoms with E-state index in [1.807, 2.05) is 12.1 Å². The monoisotopic (exact) mass is 550 g/mol. The fourth-order valence-corrected chi connectivity index (χ4v) is 6.86. The summed E-state index contributed by atoms with van der Waals surface area (Å²) in [6.45, 7) is 1.38. The first-order chi connectivity index (χ1) is 19.6. The molecule has 1 aromatic heterocycles. The first kappa shape index (κ1) is 25.2. The van der Waals surface area contributed by atoms with Gasteiger partial charge >= 0.3 is 0 Å². The molecule has 0 saturated heterocycles. The summed E-state index contributed by atoms with van der Waals surface area (Å²) < 4.78 is 26.1. The van der Waals surface area contributed by atoms with Crippen LogP contribution in [0, 0.1) is 5.82 Å². The van der Waals surface area contributed by atoms with Crippen LogP contribution < -0.4 is 9.47 Å². The molecule has 3 heterocycles. The van der Waals surface area contributed by atoms with Crippen LogP contribution in [-0.4, -0.2) is 29.8 Å². The number of ether oxygens (including phenoxy) is 2. The number of methoxy groups -OCH3 is 1. The van der Waals surface area contributed by atoms with Gasteiger partial charge in [-0.1, -0.05) is 42.5 Å². The van der Waals surface area contributed by atoms with Crippen LogP contribution in [-0.2, 0) is 19.4 Å². The molecule has 0 fully saturated rings. The predicted molar refractivity (Wildman–Crippen MR) is 159 cm³/mol. The van der Waals surface area contributed by atoms with E-state index in [0.29, 0.717) is 6.61 Å². The quantitative estimate of drug-likeness (QED) is 0.218. The van der Waals surface area contributed by atoms with Crippen LogP contribution in [0.1, 0.15) is 45.6 Å². The average molecular weight is 551 g/mol. The Hall–Kier alpha value is -3.74. The zero-order valence-electron chi connectivity index (χ0n) is 22.6. The number of nitrogens with zero attached hydrogens (tertiary/aromatic N) is 1. The molecular weight excluding hydrogens is 519 g/mol. The molecule has 2 atom stereocenters. The van der Waals surface area contributed by atoms with Crippen LogP contribution in [0.5, 0.6) is 11.5 Å². The number of hydrogen-bond donors (Lipinski definition) is 1. The molecule has 2 aliphatic rings. The van der Waals surface area contributed by atoms with Gasteiger partial charge < -0.3 is 14.5 Å². The fourth-order valence-electron chi connectivity index (χ4n) is 6.46. The summed E-state index contributed by atoms with van der Waals surface area (Å²) in [6.07, 6.45) is 3.88. The van der Waals surface area contributed by atoms with Gasteiger partial charge in [-0.2, -0.15) is 0 Å². The number of rotatable bonds is 6. The topological polar surface area (TPSA) is 37.5 Å². The molecule has 5 aromatic rings. The second-order valence-corrected chi connectivity index (χ2v) is 11.4. The van der Waals surface area contributed by atoms with Crippen LogP contribution in [0.15, 0.2) is 89.8 Å². The molecule has 0 aliphatic carbocycles. The Kier molecular flexibility index (Phi) is 6.53. The molecule has 1 N–H and O–H groups in total. The maximum absolute atomic E-state index is 13.9. The maximum Gasteiger partial charge on any atom is 0.162 e. The fraction of sp³-hybridized carbons (Fsp3) is 0.235. The van der Waals surface area contributed by atoms with Crippen LogP contribution >= 0.6 is 11.8 Å². The molecular formula is C34H31FN2O2S. The van der Waals surface area contributed by atoms with E-state index in [1.165, 1.54) is 32.7 Å². The first-order valence-electron chi connectivity index (χ1n) is 13.7. The van der Waals surface area contributed by atoms with Gasteiger partial charge in [0.2, 0.25) is 0 Å². The molecule has 6 heteroatoms. The Bertz CT molecular complexity index is 1680. The zero-order chi connectivity index (χ0) is 27.2. The Balaban J connectivity index is 1.30. The lowest BCUT2D eigenvalue weighted by molar-refractivity contribution is 0.127. The molecule has 0 radical (unpaired) electrons. The van der Waals surface area contributed by atoms with E-state index in [-0.39, 0.29) is 17.9 Å². The minimum Gasteiger partial charge on any atom is -0.493 e. The summed E-state index contributed by atoms with van der Waals surface area (Å²) in [5.41, 5.74) is 8.50. The number of para-hydroxylation sites is 1. The number of aromatic nitrogens is 1. The number of hydrogen-bond acceptors (Lipinski definition) is 4. The summed E-state index contributed by atoms with van der Waals surface area (Å²) in [5, 5.41) is 1.26. The normalized spacial score (nSPS) is 18.2. The molecule has 2 unspecified atom stereocenters. The molecule has 0 saturated carbocycles. The van der Waals surface area contributed by atoms with Gasteiger partial charge in [0.1, 0.15) is 12.4 Å². The Morgan fingerprint density at radius 2 is 1.77 bits per heavy atom. The largest absolute Gasteiger partial charge is 0.493 e. The Labute approximate surface area is 238 Å². The number of nitrogens with one attached hydrogen (secondary N) is 1. The van der Waals surface area contributed by atoms with Crippen LogP contribution in [0.2, 0.25) is 0 Å². The van der Waals surface area contributed by atoms with Gasteiger partial charge in [0, 0.05) is 34.1 Å². The van der Waals surface area contributed by atoms with Gasteiger partial charge in [0.05, 0.1) is 13.2 Å². The molecule has 0 bridgehead atoms. The molecule has 4 nitrogen and oxygen atoms in total. The third-order valence-electron chi connectivity index (χ3n) is 8.41. The van der Waals surface area contributed by atoms with Crippen molar-refractivity contribution < 1.29 is 13.9 Å². The molecule has 0 amide bonds. The number of aromatic amines is 1. The highest BCUT2D eigenvalue weighted by molar-refractivity contribution is 7.98. The minimum atomic E-state index is -0.214. The molecule has 40 heavy (non-hydrogen) atoms. The third-order valence-corrected chi connectivity index (χ3v) is 9.16. The lowest BCUT2D eigenvalue weighted by atomic mass is 9.80. The van der Waals surface area contributed by atoms with Gasteiger partial charge in [0.25, 0.3) is 0 Å². The lowest BCUT2D eigenvalue weighted by Gasteiger charge is -2.46. The van der Waals surface area contributed by atoms with Crippen molar-refractivity contribution in [2.24, 2.45) is 0 Å². The standard InChI is InChI=1S/C34H31FN2O2S/c1-38-31-17-23-15-16-37-30(27(23)19-32(31)39-20-21-7-13-25(40-2)14-8-21)18-28-26-5-3-4-6-29(26)36-33(28)34(37)22-9-11-24(35)12-10-22/h3-14,17,19,30,34,36H,15-16,18,20H2,1-2H3. The summed E-state index contributed by atoms with van der Waals surface area (Å²) in [6, 6.07) is 28.5. The minimum absolute atomic E-state index is 0.0105. The second kappa shape index (κ2) is 10.3.